The molecule has 0 aliphatic carbocycles. The van der Waals surface area contributed by atoms with Crippen LogP contribution in [0.1, 0.15) is 5.56 Å². The molecule has 1 amide bonds. The predicted octanol–water partition coefficient (Wildman–Crippen LogP) is 3.48. The van der Waals surface area contributed by atoms with Gasteiger partial charge in [0.2, 0.25) is 0 Å². The zero-order valence-corrected chi connectivity index (χ0v) is 15.2. The minimum Gasteiger partial charge on any atom is -0.481 e. The Labute approximate surface area is 160 Å². The Morgan fingerprint density at radius 1 is 1.00 bits per heavy atom. The molecule has 4 nitrogen and oxygen atoms in total. The van der Waals surface area contributed by atoms with Crippen LogP contribution in [0.3, 0.4) is 0 Å². The Bertz CT molecular complexity index is 827. The summed E-state index contributed by atoms with van der Waals surface area (Å²) in [5.74, 6) is -2.35. The molecule has 0 radical (unpaired) electrons. The van der Waals surface area contributed by atoms with Gasteiger partial charge in [-0.3, -0.25) is 9.69 Å². The number of ether oxygens (including phenoxy) is 1. The number of carbonyl (C=O) groups is 1. The topological polar surface area (TPSA) is 32.8 Å². The molecule has 0 bridgehead atoms. The van der Waals surface area contributed by atoms with Crippen molar-refractivity contribution in [1.29, 1.82) is 0 Å². The van der Waals surface area contributed by atoms with Crippen molar-refractivity contribution >= 4 is 17.5 Å². The summed E-state index contributed by atoms with van der Waals surface area (Å²) in [5.41, 5.74) is 0.827. The zero-order valence-electron chi connectivity index (χ0n) is 14.4. The van der Waals surface area contributed by atoms with E-state index in [1.807, 2.05) is 0 Å². The number of benzene rings is 2. The summed E-state index contributed by atoms with van der Waals surface area (Å²) in [4.78, 5) is 16.0. The third-order valence-electron chi connectivity index (χ3n) is 4.38. The van der Waals surface area contributed by atoms with Gasteiger partial charge in [0, 0.05) is 43.8 Å². The number of hydrogen-bond donors (Lipinski definition) is 0. The van der Waals surface area contributed by atoms with E-state index in [-0.39, 0.29) is 24.1 Å². The van der Waals surface area contributed by atoms with Crippen LogP contribution in [0, 0.1) is 17.5 Å². The molecule has 144 valence electrons. The van der Waals surface area contributed by atoms with Crippen LogP contribution in [0.2, 0.25) is 5.02 Å². The molecule has 8 heteroatoms. The van der Waals surface area contributed by atoms with E-state index in [0.717, 1.165) is 17.7 Å². The van der Waals surface area contributed by atoms with Crippen LogP contribution >= 0.6 is 11.6 Å². The van der Waals surface area contributed by atoms with E-state index >= 15 is 0 Å². The Balaban J connectivity index is 1.47. The molecule has 0 aromatic heterocycles. The first-order valence-corrected chi connectivity index (χ1v) is 8.82. The molecule has 0 N–H and O–H groups in total. The van der Waals surface area contributed by atoms with Gasteiger partial charge in [-0.25, -0.2) is 13.2 Å². The number of rotatable bonds is 5. The van der Waals surface area contributed by atoms with Gasteiger partial charge in [0.25, 0.3) is 5.91 Å². The molecule has 1 fully saturated rings. The summed E-state index contributed by atoms with van der Waals surface area (Å²) in [5, 5.41) is 0.378. The van der Waals surface area contributed by atoms with Crippen LogP contribution in [0.15, 0.2) is 36.4 Å². The summed E-state index contributed by atoms with van der Waals surface area (Å²) in [6.45, 7) is 2.50. The minimum atomic E-state index is -0.844. The summed E-state index contributed by atoms with van der Waals surface area (Å²) < 4.78 is 44.7. The van der Waals surface area contributed by atoms with Crippen LogP contribution < -0.4 is 4.74 Å². The molecule has 1 aliphatic heterocycles. The van der Waals surface area contributed by atoms with Gasteiger partial charge in [-0.1, -0.05) is 17.7 Å². The number of nitrogens with zero attached hydrogens (tertiary/aromatic N) is 2. The normalized spacial score (nSPS) is 15.0. The number of hydrogen-bond acceptors (Lipinski definition) is 3. The summed E-state index contributed by atoms with van der Waals surface area (Å²) in [7, 11) is 0. The number of carbonyl (C=O) groups excluding carboxylic acids is 1. The fourth-order valence-corrected chi connectivity index (χ4v) is 3.10. The lowest BCUT2D eigenvalue weighted by molar-refractivity contribution is -0.135. The second kappa shape index (κ2) is 8.63. The van der Waals surface area contributed by atoms with E-state index in [1.54, 1.807) is 11.0 Å². The lowest BCUT2D eigenvalue weighted by Crippen LogP contribution is -2.49. The molecule has 1 saturated heterocycles. The standard InChI is InChI=1S/C19H18ClF3N2O2/c20-16-9-14(21)2-1-13(16)11-24-5-7-25(8-6-24)19(26)12-27-18-4-3-15(22)10-17(18)23/h1-4,9-10H,5-8,11-12H2. The van der Waals surface area contributed by atoms with E-state index in [0.29, 0.717) is 43.8 Å². The van der Waals surface area contributed by atoms with Crippen LogP contribution in [0.5, 0.6) is 5.75 Å². The minimum absolute atomic E-state index is 0.158. The van der Waals surface area contributed by atoms with Crippen LogP contribution in [0.25, 0.3) is 0 Å². The van der Waals surface area contributed by atoms with E-state index < -0.39 is 11.6 Å². The maximum atomic E-state index is 13.5. The highest BCUT2D eigenvalue weighted by Gasteiger charge is 2.22. The smallest absolute Gasteiger partial charge is 0.260 e. The lowest BCUT2D eigenvalue weighted by Gasteiger charge is -2.34. The van der Waals surface area contributed by atoms with Gasteiger partial charge in [0.15, 0.2) is 18.2 Å². The maximum Gasteiger partial charge on any atom is 0.260 e. The van der Waals surface area contributed by atoms with E-state index in [9.17, 15) is 18.0 Å². The number of amides is 1. The fraction of sp³-hybridized carbons (Fsp3) is 0.316. The van der Waals surface area contributed by atoms with Gasteiger partial charge in [0.1, 0.15) is 11.6 Å². The van der Waals surface area contributed by atoms with Crippen molar-refractivity contribution in [3.8, 4) is 5.75 Å². The van der Waals surface area contributed by atoms with Crippen molar-refractivity contribution in [2.45, 2.75) is 6.54 Å². The first-order chi connectivity index (χ1) is 12.9. The van der Waals surface area contributed by atoms with Crippen LogP contribution in [0.4, 0.5) is 13.2 Å². The first-order valence-electron chi connectivity index (χ1n) is 8.44. The average molecular weight is 399 g/mol. The van der Waals surface area contributed by atoms with E-state index in [4.69, 9.17) is 16.3 Å². The van der Waals surface area contributed by atoms with Gasteiger partial charge < -0.3 is 9.64 Å². The van der Waals surface area contributed by atoms with Gasteiger partial charge >= 0.3 is 0 Å². The molecule has 0 saturated carbocycles. The van der Waals surface area contributed by atoms with Crippen molar-refractivity contribution in [3.63, 3.8) is 0 Å². The third kappa shape index (κ3) is 5.14. The molecule has 2 aromatic carbocycles. The second-order valence-electron chi connectivity index (χ2n) is 6.26. The highest BCUT2D eigenvalue weighted by Crippen LogP contribution is 2.20. The van der Waals surface area contributed by atoms with Crippen molar-refractivity contribution < 1.29 is 22.7 Å². The molecule has 27 heavy (non-hydrogen) atoms. The summed E-state index contributed by atoms with van der Waals surface area (Å²) >= 11 is 6.05. The molecule has 1 aliphatic rings. The van der Waals surface area contributed by atoms with Gasteiger partial charge in [-0.15, -0.1) is 0 Å². The molecular weight excluding hydrogens is 381 g/mol. The SMILES string of the molecule is O=C(COc1ccc(F)cc1F)N1CCN(Cc2ccc(F)cc2Cl)CC1. The van der Waals surface area contributed by atoms with Crippen molar-refractivity contribution in [2.75, 3.05) is 32.8 Å². The lowest BCUT2D eigenvalue weighted by atomic mass is 10.2. The Kier molecular flexibility index (Phi) is 6.23. The van der Waals surface area contributed by atoms with Crippen molar-refractivity contribution in [2.24, 2.45) is 0 Å². The quantitative estimate of drug-likeness (QED) is 0.773. The first kappa shape index (κ1) is 19.5. The largest absolute Gasteiger partial charge is 0.481 e. The fourth-order valence-electron chi connectivity index (χ4n) is 2.87. The van der Waals surface area contributed by atoms with Gasteiger partial charge in [0.05, 0.1) is 0 Å². The number of halogens is 4. The predicted molar refractivity (Wildman–Crippen MR) is 95.1 cm³/mol. The van der Waals surface area contributed by atoms with Crippen molar-refractivity contribution in [1.82, 2.24) is 9.80 Å². The van der Waals surface area contributed by atoms with E-state index in [1.165, 1.54) is 12.1 Å². The molecule has 0 spiro atoms. The summed E-state index contributed by atoms with van der Waals surface area (Å²) in [6, 6.07) is 7.24. The number of piperazine rings is 1. The van der Waals surface area contributed by atoms with Gasteiger partial charge in [-0.2, -0.15) is 0 Å². The highest BCUT2D eigenvalue weighted by molar-refractivity contribution is 6.31. The van der Waals surface area contributed by atoms with Gasteiger partial charge in [-0.05, 0) is 29.8 Å². The zero-order chi connectivity index (χ0) is 19.4. The van der Waals surface area contributed by atoms with Crippen LogP contribution in [-0.2, 0) is 11.3 Å². The van der Waals surface area contributed by atoms with Crippen molar-refractivity contribution in [3.05, 3.63) is 64.4 Å². The monoisotopic (exact) mass is 398 g/mol. The maximum absolute atomic E-state index is 13.5. The molecule has 2 aromatic rings. The molecular formula is C19H18ClF3N2O2. The molecule has 0 unspecified atom stereocenters. The van der Waals surface area contributed by atoms with E-state index in [2.05, 4.69) is 4.90 Å². The average Bonchev–Trinajstić information content (AvgIpc) is 2.64. The summed E-state index contributed by atoms with van der Waals surface area (Å²) in [6.07, 6.45) is 0. The molecule has 3 rings (SSSR count). The Morgan fingerprint density at radius 3 is 2.33 bits per heavy atom. The third-order valence-corrected chi connectivity index (χ3v) is 4.73. The second-order valence-corrected chi connectivity index (χ2v) is 6.66. The van der Waals surface area contributed by atoms with Crippen LogP contribution in [-0.4, -0.2) is 48.5 Å². The molecule has 0 atom stereocenters. The highest BCUT2D eigenvalue weighted by atomic mass is 35.5. The Hall–Kier alpha value is -2.25. The molecule has 1 heterocycles. The Morgan fingerprint density at radius 2 is 1.67 bits per heavy atom.